The van der Waals surface area contributed by atoms with E-state index in [2.05, 4.69) is 5.10 Å². The van der Waals surface area contributed by atoms with Crippen molar-refractivity contribution < 1.29 is 19.0 Å². The lowest BCUT2D eigenvalue weighted by Gasteiger charge is -2.29. The van der Waals surface area contributed by atoms with Crippen molar-refractivity contribution in [2.75, 3.05) is 6.61 Å². The van der Waals surface area contributed by atoms with Gasteiger partial charge >= 0.3 is 0 Å². The smallest absolute Gasteiger partial charge is 0.282 e. The number of carbonyl (C=O) groups is 1. The first kappa shape index (κ1) is 25.7. The number of hydrogen-bond acceptors (Lipinski definition) is 5. The number of rotatable bonds is 9. The molecule has 0 aliphatic heterocycles. The molecule has 3 rings (SSSR count). The second-order valence-corrected chi connectivity index (χ2v) is 9.44. The van der Waals surface area contributed by atoms with Crippen LogP contribution in [0.5, 0.6) is 0 Å². The molecule has 0 bridgehead atoms. The number of halogens is 2. The van der Waals surface area contributed by atoms with Gasteiger partial charge in [-0.05, 0) is 64.1 Å². The van der Waals surface area contributed by atoms with Crippen molar-refractivity contribution >= 4 is 17.4 Å². The molecule has 0 saturated heterocycles. The fraction of sp³-hybridized carbons (Fsp3) is 0.346. The number of aliphatic hydroxyl groups is 1. The van der Waals surface area contributed by atoms with Gasteiger partial charge in [-0.3, -0.25) is 9.59 Å². The molecule has 0 aliphatic rings. The summed E-state index contributed by atoms with van der Waals surface area (Å²) in [4.78, 5) is 26.7. The lowest BCUT2D eigenvalue weighted by atomic mass is 9.86. The molecule has 34 heavy (non-hydrogen) atoms. The number of carbonyl (C=O) groups excluding carboxylic acids is 1. The monoisotopic (exact) mass is 486 g/mol. The number of benzene rings is 2. The quantitative estimate of drug-likeness (QED) is 0.427. The van der Waals surface area contributed by atoms with Crippen LogP contribution in [0.2, 0.25) is 5.02 Å². The summed E-state index contributed by atoms with van der Waals surface area (Å²) >= 11 is 6.00. The van der Waals surface area contributed by atoms with Crippen LogP contribution in [0.1, 0.15) is 44.5 Å². The summed E-state index contributed by atoms with van der Waals surface area (Å²) in [5.41, 5.74) is -0.821. The standard InChI is InChI=1S/C26H28ClFN2O4/c1-16(2)34-15-18(26(3,4)33)12-24(31)22-14-23(17-8-10-19(27)11-9-17)29-30(25(22)32)21-7-5-6-20(28)13-21/h5-11,13-14,16,18,33H,12,15H2,1-4H3/t18-/m0/s1. The van der Waals surface area contributed by atoms with Gasteiger partial charge in [-0.2, -0.15) is 9.78 Å². The third kappa shape index (κ3) is 6.38. The van der Waals surface area contributed by atoms with Gasteiger partial charge < -0.3 is 9.84 Å². The molecule has 3 aromatic rings. The van der Waals surface area contributed by atoms with E-state index in [0.29, 0.717) is 16.3 Å². The molecule has 1 atom stereocenters. The van der Waals surface area contributed by atoms with E-state index < -0.39 is 28.7 Å². The molecular weight excluding hydrogens is 459 g/mol. The molecule has 0 spiro atoms. The fourth-order valence-electron chi connectivity index (χ4n) is 3.39. The van der Waals surface area contributed by atoms with Crippen LogP contribution < -0.4 is 5.56 Å². The Bertz CT molecular complexity index is 1220. The highest BCUT2D eigenvalue weighted by molar-refractivity contribution is 6.30. The number of hydrogen-bond donors (Lipinski definition) is 1. The van der Waals surface area contributed by atoms with Crippen LogP contribution in [0.4, 0.5) is 4.39 Å². The summed E-state index contributed by atoms with van der Waals surface area (Å²) in [6.45, 7) is 7.08. The van der Waals surface area contributed by atoms with Crippen LogP contribution in [-0.4, -0.2) is 39.0 Å². The van der Waals surface area contributed by atoms with Gasteiger partial charge in [0.05, 0.1) is 35.3 Å². The molecule has 0 fully saturated rings. The highest BCUT2D eigenvalue weighted by atomic mass is 35.5. The maximum Gasteiger partial charge on any atom is 0.282 e. The Labute approximate surface area is 203 Å². The molecule has 1 N–H and O–H groups in total. The first-order chi connectivity index (χ1) is 16.0. The van der Waals surface area contributed by atoms with Crippen molar-refractivity contribution in [2.45, 2.75) is 45.8 Å². The number of aromatic nitrogens is 2. The van der Waals surface area contributed by atoms with E-state index in [9.17, 15) is 19.1 Å². The predicted octanol–water partition coefficient (Wildman–Crippen LogP) is 5.08. The lowest BCUT2D eigenvalue weighted by Crippen LogP contribution is -2.38. The van der Waals surface area contributed by atoms with Gasteiger partial charge in [0.25, 0.3) is 5.56 Å². The van der Waals surface area contributed by atoms with Crippen LogP contribution in [0.25, 0.3) is 16.9 Å². The Morgan fingerprint density at radius 1 is 1.18 bits per heavy atom. The van der Waals surface area contributed by atoms with Crippen LogP contribution >= 0.6 is 11.6 Å². The average Bonchev–Trinajstić information content (AvgIpc) is 2.76. The largest absolute Gasteiger partial charge is 0.390 e. The van der Waals surface area contributed by atoms with E-state index in [1.807, 2.05) is 13.8 Å². The summed E-state index contributed by atoms with van der Waals surface area (Å²) in [6, 6.07) is 13.6. The maximum absolute atomic E-state index is 13.9. The summed E-state index contributed by atoms with van der Waals surface area (Å²) in [5.74, 6) is -1.55. The van der Waals surface area contributed by atoms with Crippen LogP contribution in [0.3, 0.4) is 0 Å². The minimum absolute atomic E-state index is 0.0809. The molecule has 1 heterocycles. The molecule has 0 amide bonds. The highest BCUT2D eigenvalue weighted by Crippen LogP contribution is 2.25. The van der Waals surface area contributed by atoms with E-state index in [4.69, 9.17) is 16.3 Å². The molecule has 0 saturated carbocycles. The highest BCUT2D eigenvalue weighted by Gasteiger charge is 2.31. The topological polar surface area (TPSA) is 81.4 Å². The molecule has 0 radical (unpaired) electrons. The molecule has 2 aromatic carbocycles. The van der Waals surface area contributed by atoms with Crippen molar-refractivity contribution in [3.8, 4) is 16.9 Å². The summed E-state index contributed by atoms with van der Waals surface area (Å²) in [5, 5.41) is 15.5. The SMILES string of the molecule is CC(C)OC[C@H](CC(=O)c1cc(-c2ccc(Cl)cc2)nn(-c2cccc(F)c2)c1=O)C(C)(C)O. The minimum atomic E-state index is -1.21. The molecule has 6 nitrogen and oxygen atoms in total. The zero-order chi connectivity index (χ0) is 25.0. The first-order valence-corrected chi connectivity index (χ1v) is 11.4. The summed E-state index contributed by atoms with van der Waals surface area (Å²) in [6.07, 6.45) is -0.193. The number of ether oxygens (including phenoxy) is 1. The van der Waals surface area contributed by atoms with E-state index in [0.717, 1.165) is 4.68 Å². The normalized spacial score (nSPS) is 12.7. The number of ketones is 1. The predicted molar refractivity (Wildman–Crippen MR) is 130 cm³/mol. The van der Waals surface area contributed by atoms with Gasteiger partial charge in [-0.25, -0.2) is 4.39 Å². The van der Waals surface area contributed by atoms with E-state index in [-0.39, 0.29) is 30.4 Å². The Kier molecular flexibility index (Phi) is 8.02. The van der Waals surface area contributed by atoms with E-state index in [1.165, 1.54) is 30.3 Å². The Morgan fingerprint density at radius 3 is 2.44 bits per heavy atom. The zero-order valence-electron chi connectivity index (χ0n) is 19.6. The van der Waals surface area contributed by atoms with Crippen molar-refractivity contribution in [1.82, 2.24) is 9.78 Å². The Morgan fingerprint density at radius 2 is 1.85 bits per heavy atom. The molecule has 8 heteroatoms. The zero-order valence-corrected chi connectivity index (χ0v) is 20.3. The summed E-state index contributed by atoms with van der Waals surface area (Å²) < 4.78 is 20.6. The van der Waals surface area contributed by atoms with Crippen molar-refractivity contribution in [3.63, 3.8) is 0 Å². The van der Waals surface area contributed by atoms with Crippen LogP contribution in [0.15, 0.2) is 59.4 Å². The van der Waals surface area contributed by atoms with Crippen molar-refractivity contribution in [2.24, 2.45) is 5.92 Å². The fourth-order valence-corrected chi connectivity index (χ4v) is 3.52. The third-order valence-corrected chi connectivity index (χ3v) is 5.72. The lowest BCUT2D eigenvalue weighted by molar-refractivity contribution is -0.0434. The third-order valence-electron chi connectivity index (χ3n) is 5.47. The van der Waals surface area contributed by atoms with Crippen molar-refractivity contribution in [1.29, 1.82) is 0 Å². The molecule has 1 aromatic heterocycles. The van der Waals surface area contributed by atoms with Gasteiger partial charge in [-0.1, -0.05) is 29.8 Å². The Balaban J connectivity index is 2.10. The van der Waals surface area contributed by atoms with Gasteiger partial charge in [0.15, 0.2) is 5.78 Å². The van der Waals surface area contributed by atoms with Gasteiger partial charge in [0, 0.05) is 22.9 Å². The maximum atomic E-state index is 13.9. The minimum Gasteiger partial charge on any atom is -0.390 e. The molecular formula is C26H28ClFN2O4. The molecule has 0 unspecified atom stereocenters. The molecule has 180 valence electrons. The van der Waals surface area contributed by atoms with E-state index >= 15 is 0 Å². The number of Topliss-reactive ketones (excluding diaryl/α,β-unsaturated/α-hetero) is 1. The van der Waals surface area contributed by atoms with Crippen LogP contribution in [-0.2, 0) is 4.74 Å². The average molecular weight is 487 g/mol. The summed E-state index contributed by atoms with van der Waals surface area (Å²) in [7, 11) is 0. The van der Waals surface area contributed by atoms with Gasteiger partial charge in [0.1, 0.15) is 5.82 Å². The van der Waals surface area contributed by atoms with Crippen molar-refractivity contribution in [3.05, 3.63) is 81.4 Å². The Hall–Kier alpha value is -2.87. The first-order valence-electron chi connectivity index (χ1n) is 11.0. The van der Waals surface area contributed by atoms with Crippen LogP contribution in [0, 0.1) is 11.7 Å². The molecule has 0 aliphatic carbocycles. The second kappa shape index (κ2) is 10.6. The van der Waals surface area contributed by atoms with E-state index in [1.54, 1.807) is 38.1 Å². The number of nitrogens with zero attached hydrogens (tertiary/aromatic N) is 2. The van der Waals surface area contributed by atoms with Gasteiger partial charge in [-0.15, -0.1) is 0 Å². The second-order valence-electron chi connectivity index (χ2n) is 9.01. The van der Waals surface area contributed by atoms with Gasteiger partial charge in [0.2, 0.25) is 0 Å².